The second-order valence-corrected chi connectivity index (χ2v) is 7.54. The van der Waals surface area contributed by atoms with Crippen LogP contribution in [0, 0.1) is 0 Å². The lowest BCUT2D eigenvalue weighted by molar-refractivity contribution is 0.0743. The van der Waals surface area contributed by atoms with E-state index in [0.717, 1.165) is 6.54 Å². The van der Waals surface area contributed by atoms with Crippen LogP contribution in [0.2, 0.25) is 0 Å². The Morgan fingerprint density at radius 2 is 1.97 bits per heavy atom. The summed E-state index contributed by atoms with van der Waals surface area (Å²) in [7, 11) is 8.87. The van der Waals surface area contributed by atoms with Gasteiger partial charge in [0.25, 0.3) is 5.91 Å². The van der Waals surface area contributed by atoms with Gasteiger partial charge in [0.05, 0.1) is 18.2 Å². The number of amides is 3. The summed E-state index contributed by atoms with van der Waals surface area (Å²) in [5, 5.41) is 8.63. The van der Waals surface area contributed by atoms with Crippen LogP contribution >= 0.6 is 0 Å². The number of nitrogens with zero attached hydrogens (tertiary/aromatic N) is 7. The molecule has 0 bridgehead atoms. The molecule has 0 N–H and O–H groups in total. The van der Waals surface area contributed by atoms with Gasteiger partial charge in [0.2, 0.25) is 0 Å². The van der Waals surface area contributed by atoms with Crippen LogP contribution in [-0.4, -0.2) is 114 Å². The number of pyridine rings is 1. The molecule has 29 heavy (non-hydrogen) atoms. The molecule has 0 spiro atoms. The highest BCUT2D eigenvalue weighted by Gasteiger charge is 2.32. The van der Waals surface area contributed by atoms with Crippen LogP contribution in [0.15, 0.2) is 18.3 Å². The van der Waals surface area contributed by atoms with Gasteiger partial charge in [0.15, 0.2) is 11.5 Å². The molecule has 10 heteroatoms. The fraction of sp³-hybridized carbons (Fsp3) is 0.579. The molecule has 2 aromatic rings. The fourth-order valence-electron chi connectivity index (χ4n) is 3.42. The Kier molecular flexibility index (Phi) is 6.33. The van der Waals surface area contributed by atoms with E-state index in [1.54, 1.807) is 56.4 Å². The minimum absolute atomic E-state index is 0.0208. The molecular weight excluding hydrogens is 374 g/mol. The summed E-state index contributed by atoms with van der Waals surface area (Å²) in [5.74, 6) is 0.623. The summed E-state index contributed by atoms with van der Waals surface area (Å²) < 4.78 is 6.90. The maximum Gasteiger partial charge on any atom is 0.319 e. The predicted molar refractivity (Wildman–Crippen MR) is 108 cm³/mol. The van der Waals surface area contributed by atoms with Crippen molar-refractivity contribution in [2.75, 3.05) is 68.1 Å². The second kappa shape index (κ2) is 8.75. The van der Waals surface area contributed by atoms with Crippen molar-refractivity contribution in [1.29, 1.82) is 0 Å². The zero-order valence-corrected chi connectivity index (χ0v) is 17.7. The van der Waals surface area contributed by atoms with Crippen molar-refractivity contribution < 1.29 is 14.3 Å². The summed E-state index contributed by atoms with van der Waals surface area (Å²) in [6, 6.07) is 3.41. The predicted octanol–water partition coefficient (Wildman–Crippen LogP) is 0.418. The van der Waals surface area contributed by atoms with Gasteiger partial charge in [0.1, 0.15) is 0 Å². The highest BCUT2D eigenvalue weighted by molar-refractivity contribution is 5.94. The average molecular weight is 403 g/mol. The molecule has 0 saturated carbocycles. The molecule has 0 aromatic carbocycles. The number of methoxy groups -OCH3 is 1. The topological polar surface area (TPSA) is 86.5 Å². The number of ether oxygens (including phenoxy) is 1. The molecule has 1 aliphatic rings. The third kappa shape index (κ3) is 4.33. The van der Waals surface area contributed by atoms with Crippen LogP contribution in [0.5, 0.6) is 0 Å². The maximum absolute atomic E-state index is 12.7. The first-order valence-corrected chi connectivity index (χ1v) is 9.59. The molecule has 158 valence electrons. The average Bonchev–Trinajstić information content (AvgIpc) is 3.14. The molecule has 1 unspecified atom stereocenters. The first-order valence-electron chi connectivity index (χ1n) is 9.59. The summed E-state index contributed by atoms with van der Waals surface area (Å²) >= 11 is 0. The number of piperazine rings is 1. The number of aromatic nitrogens is 3. The van der Waals surface area contributed by atoms with E-state index >= 15 is 0 Å². The number of urea groups is 1. The van der Waals surface area contributed by atoms with E-state index in [1.807, 2.05) is 16.3 Å². The molecule has 0 radical (unpaired) electrons. The van der Waals surface area contributed by atoms with Gasteiger partial charge in [-0.15, -0.1) is 10.2 Å². The van der Waals surface area contributed by atoms with Gasteiger partial charge in [-0.1, -0.05) is 0 Å². The van der Waals surface area contributed by atoms with Crippen LogP contribution in [0.1, 0.15) is 22.2 Å². The second-order valence-electron chi connectivity index (χ2n) is 7.54. The molecule has 3 amide bonds. The van der Waals surface area contributed by atoms with Crippen molar-refractivity contribution in [2.45, 2.75) is 6.04 Å². The molecule has 1 atom stereocenters. The quantitative estimate of drug-likeness (QED) is 0.719. The van der Waals surface area contributed by atoms with Crippen molar-refractivity contribution in [3.63, 3.8) is 0 Å². The van der Waals surface area contributed by atoms with Crippen LogP contribution in [-0.2, 0) is 4.74 Å². The minimum atomic E-state index is -0.112. The molecule has 0 aliphatic carbocycles. The van der Waals surface area contributed by atoms with Gasteiger partial charge in [0, 0.05) is 60.6 Å². The fourth-order valence-corrected chi connectivity index (χ4v) is 3.42. The first kappa shape index (κ1) is 21.0. The van der Waals surface area contributed by atoms with Crippen LogP contribution in [0.3, 0.4) is 0 Å². The van der Waals surface area contributed by atoms with Crippen molar-refractivity contribution in [3.8, 4) is 0 Å². The van der Waals surface area contributed by atoms with Gasteiger partial charge in [-0.05, 0) is 19.2 Å². The van der Waals surface area contributed by atoms with Crippen molar-refractivity contribution in [2.24, 2.45) is 0 Å². The Labute approximate surface area is 170 Å². The van der Waals surface area contributed by atoms with Gasteiger partial charge >= 0.3 is 6.03 Å². The number of likely N-dealkylation sites (N-methyl/N-ethyl adjacent to an activating group) is 2. The van der Waals surface area contributed by atoms with Gasteiger partial charge in [-0.2, -0.15) is 0 Å². The number of hydrogen-bond donors (Lipinski definition) is 0. The van der Waals surface area contributed by atoms with E-state index < -0.39 is 0 Å². The van der Waals surface area contributed by atoms with E-state index in [-0.39, 0.29) is 18.0 Å². The van der Waals surface area contributed by atoms with Crippen LogP contribution in [0.25, 0.3) is 5.65 Å². The molecule has 3 heterocycles. The lowest BCUT2D eigenvalue weighted by atomic mass is 10.1. The monoisotopic (exact) mass is 403 g/mol. The largest absolute Gasteiger partial charge is 0.383 e. The van der Waals surface area contributed by atoms with Crippen LogP contribution < -0.4 is 0 Å². The smallest absolute Gasteiger partial charge is 0.319 e. The third-order valence-electron chi connectivity index (χ3n) is 5.25. The maximum atomic E-state index is 12.7. The van der Waals surface area contributed by atoms with Gasteiger partial charge < -0.3 is 19.4 Å². The molecule has 10 nitrogen and oxygen atoms in total. The molecule has 3 rings (SSSR count). The summed E-state index contributed by atoms with van der Waals surface area (Å²) in [6.07, 6.45) is 1.77. The summed E-state index contributed by atoms with van der Waals surface area (Å²) in [4.78, 5) is 32.3. The Hall–Kier alpha value is -2.72. The normalized spacial score (nSPS) is 17.6. The van der Waals surface area contributed by atoms with Gasteiger partial charge in [-0.3, -0.25) is 14.1 Å². The number of fused-ring (bicyclic) bond motifs is 1. The van der Waals surface area contributed by atoms with Crippen molar-refractivity contribution >= 4 is 17.6 Å². The molecule has 1 saturated heterocycles. The minimum Gasteiger partial charge on any atom is -0.383 e. The number of hydrogen-bond acceptors (Lipinski definition) is 6. The Bertz CT molecular complexity index is 882. The van der Waals surface area contributed by atoms with Crippen LogP contribution in [0.4, 0.5) is 4.79 Å². The molecular formula is C19H29N7O3. The lowest BCUT2D eigenvalue weighted by Crippen LogP contribution is -2.52. The Balaban J connectivity index is 1.89. The first-order chi connectivity index (χ1) is 13.8. The van der Waals surface area contributed by atoms with Crippen molar-refractivity contribution in [3.05, 3.63) is 29.7 Å². The third-order valence-corrected chi connectivity index (χ3v) is 5.25. The number of rotatable bonds is 5. The zero-order chi connectivity index (χ0) is 21.1. The van der Waals surface area contributed by atoms with E-state index in [2.05, 4.69) is 15.1 Å². The van der Waals surface area contributed by atoms with Gasteiger partial charge in [-0.25, -0.2) is 4.79 Å². The number of carbonyl (C=O) groups excluding carboxylic acids is 2. The molecule has 1 fully saturated rings. The highest BCUT2D eigenvalue weighted by atomic mass is 16.5. The summed E-state index contributed by atoms with van der Waals surface area (Å²) in [6.45, 7) is 2.90. The Morgan fingerprint density at radius 3 is 2.66 bits per heavy atom. The van der Waals surface area contributed by atoms with E-state index in [9.17, 15) is 9.59 Å². The number of carbonyl (C=O) groups is 2. The highest BCUT2D eigenvalue weighted by Crippen LogP contribution is 2.24. The zero-order valence-electron chi connectivity index (χ0n) is 17.7. The van der Waals surface area contributed by atoms with E-state index in [0.29, 0.717) is 43.3 Å². The van der Waals surface area contributed by atoms with E-state index in [1.165, 1.54) is 0 Å². The lowest BCUT2D eigenvalue weighted by Gasteiger charge is -2.39. The standard InChI is InChI=1S/C19H29N7O3/c1-22(2)19(28)25-9-8-23(3)15(13-25)17-21-20-16-7-6-14(12-26(16)17)18(27)24(4)10-11-29-5/h6-7,12,15H,8-11,13H2,1-5H3. The van der Waals surface area contributed by atoms with Crippen molar-refractivity contribution in [1.82, 2.24) is 34.2 Å². The Morgan fingerprint density at radius 1 is 1.21 bits per heavy atom. The molecule has 2 aromatic heterocycles. The van der Waals surface area contributed by atoms with E-state index in [4.69, 9.17) is 4.74 Å². The SMILES string of the molecule is COCCN(C)C(=O)c1ccc2nnc(C3CN(C(=O)N(C)C)CCN3C)n2c1. The molecule has 1 aliphatic heterocycles. The summed E-state index contributed by atoms with van der Waals surface area (Å²) in [5.41, 5.74) is 1.22.